The van der Waals surface area contributed by atoms with Crippen molar-refractivity contribution in [2.45, 2.75) is 46.2 Å². The molecule has 9 heteroatoms. The molecule has 3 N–H and O–H groups in total. The quantitative estimate of drug-likeness (QED) is 0.613. The highest BCUT2D eigenvalue weighted by Crippen LogP contribution is 2.10. The molecule has 2 heterocycles. The Bertz CT molecular complexity index is 509. The number of likely N-dealkylation sites (tertiary alicyclic amines) is 1. The molecular formula is C17H30N4O5. The highest BCUT2D eigenvalue weighted by Gasteiger charge is 2.19. The lowest BCUT2D eigenvalue weighted by molar-refractivity contribution is -0.125. The second-order valence-corrected chi connectivity index (χ2v) is 5.87. The Hall–Kier alpha value is -2.42. The molecule has 0 saturated carbocycles. The van der Waals surface area contributed by atoms with Gasteiger partial charge < -0.3 is 25.0 Å². The van der Waals surface area contributed by atoms with Crippen molar-refractivity contribution in [2.75, 3.05) is 19.6 Å². The first-order valence-corrected chi connectivity index (χ1v) is 8.69. The molecule has 1 aliphatic heterocycles. The zero-order valence-electron chi connectivity index (χ0n) is 15.5. The number of nitrogens with one attached hydrogen (secondary N) is 1. The van der Waals surface area contributed by atoms with Gasteiger partial charge >= 0.3 is 0 Å². The van der Waals surface area contributed by atoms with Crippen LogP contribution in [0.3, 0.4) is 0 Å². The molecule has 1 atom stereocenters. The number of nitrogens with zero attached hydrogens (tertiary/aromatic N) is 3. The zero-order chi connectivity index (χ0) is 19.8. The zero-order valence-corrected chi connectivity index (χ0v) is 15.5. The summed E-state index contributed by atoms with van der Waals surface area (Å²) < 4.78 is 2.10. The molecule has 0 spiro atoms. The van der Waals surface area contributed by atoms with Gasteiger partial charge in [0.05, 0.1) is 6.54 Å². The third kappa shape index (κ3) is 9.77. The fourth-order valence-corrected chi connectivity index (χ4v) is 2.73. The first-order chi connectivity index (χ1) is 12.5. The first kappa shape index (κ1) is 23.6. The van der Waals surface area contributed by atoms with Crippen LogP contribution < -0.4 is 5.32 Å². The van der Waals surface area contributed by atoms with Crippen LogP contribution in [0.15, 0.2) is 12.4 Å². The van der Waals surface area contributed by atoms with E-state index in [-0.39, 0.29) is 24.8 Å². The Balaban J connectivity index is 0.000000918. The number of rotatable bonds is 7. The summed E-state index contributed by atoms with van der Waals surface area (Å²) in [5, 5.41) is 16.8. The van der Waals surface area contributed by atoms with Gasteiger partial charge in [0.1, 0.15) is 5.82 Å². The lowest BCUT2D eigenvalue weighted by atomic mass is 10.1. The second-order valence-electron chi connectivity index (χ2n) is 5.87. The Labute approximate surface area is 154 Å². The van der Waals surface area contributed by atoms with Gasteiger partial charge in [-0.2, -0.15) is 0 Å². The Morgan fingerprint density at radius 2 is 1.88 bits per heavy atom. The molecule has 0 aliphatic carbocycles. The Kier molecular flexibility index (Phi) is 13.5. The van der Waals surface area contributed by atoms with Crippen LogP contribution in [0.4, 0.5) is 0 Å². The number of aromatic nitrogens is 2. The predicted molar refractivity (Wildman–Crippen MR) is 96.6 cm³/mol. The van der Waals surface area contributed by atoms with Crippen LogP contribution in [0, 0.1) is 5.92 Å². The van der Waals surface area contributed by atoms with Gasteiger partial charge in [-0.15, -0.1) is 0 Å². The van der Waals surface area contributed by atoms with E-state index in [4.69, 9.17) is 19.8 Å². The topological polar surface area (TPSA) is 125 Å². The standard InChI is InChI=1S/C15H26N4O.2CH2O2/c1-3-7-19-10-6-16-14(19)11-17-15(20)13(2)12-18-8-4-5-9-18;2*2-1-3/h6,10,13H,3-5,7-9,11-12H2,1-2H3,(H,17,20);2*1H,(H,2,3). The van der Waals surface area contributed by atoms with Crippen LogP contribution >= 0.6 is 0 Å². The molecule has 1 saturated heterocycles. The second kappa shape index (κ2) is 14.9. The highest BCUT2D eigenvalue weighted by molar-refractivity contribution is 5.78. The lowest BCUT2D eigenvalue weighted by Gasteiger charge is -2.19. The maximum Gasteiger partial charge on any atom is 0.290 e. The monoisotopic (exact) mass is 370 g/mol. The van der Waals surface area contributed by atoms with Crippen molar-refractivity contribution < 1.29 is 24.6 Å². The van der Waals surface area contributed by atoms with Crippen molar-refractivity contribution in [3.63, 3.8) is 0 Å². The van der Waals surface area contributed by atoms with E-state index in [2.05, 4.69) is 26.7 Å². The minimum atomic E-state index is -0.250. The molecular weight excluding hydrogens is 340 g/mol. The normalized spacial score (nSPS) is 14.2. The minimum Gasteiger partial charge on any atom is -0.483 e. The number of hydrogen-bond donors (Lipinski definition) is 3. The van der Waals surface area contributed by atoms with E-state index >= 15 is 0 Å². The van der Waals surface area contributed by atoms with E-state index in [0.717, 1.165) is 38.4 Å². The van der Waals surface area contributed by atoms with E-state index in [0.29, 0.717) is 6.54 Å². The number of amides is 1. The van der Waals surface area contributed by atoms with Gasteiger partial charge in [-0.25, -0.2) is 4.98 Å². The maximum atomic E-state index is 12.1. The molecule has 1 fully saturated rings. The van der Waals surface area contributed by atoms with Gasteiger partial charge in [-0.3, -0.25) is 14.4 Å². The fourth-order valence-electron chi connectivity index (χ4n) is 2.73. The summed E-state index contributed by atoms with van der Waals surface area (Å²) in [7, 11) is 0. The maximum absolute atomic E-state index is 12.1. The number of carboxylic acid groups (broad SMARTS) is 2. The van der Waals surface area contributed by atoms with Crippen molar-refractivity contribution in [3.8, 4) is 0 Å². The molecule has 0 aromatic carbocycles. The van der Waals surface area contributed by atoms with Gasteiger partial charge in [0.15, 0.2) is 0 Å². The molecule has 26 heavy (non-hydrogen) atoms. The average molecular weight is 370 g/mol. The van der Waals surface area contributed by atoms with Crippen LogP contribution in [0.1, 0.15) is 38.9 Å². The summed E-state index contributed by atoms with van der Waals surface area (Å²) in [4.78, 5) is 35.5. The van der Waals surface area contributed by atoms with Gasteiger partial charge in [0.2, 0.25) is 5.91 Å². The van der Waals surface area contributed by atoms with E-state index < -0.39 is 0 Å². The molecule has 2 rings (SSSR count). The SMILES string of the molecule is CCCn1ccnc1CNC(=O)C(C)CN1CCCC1.O=CO.O=CO. The van der Waals surface area contributed by atoms with Crippen LogP contribution in [0.2, 0.25) is 0 Å². The van der Waals surface area contributed by atoms with Gasteiger partial charge in [-0.05, 0) is 32.4 Å². The van der Waals surface area contributed by atoms with Crippen molar-refractivity contribution in [3.05, 3.63) is 18.2 Å². The third-order valence-corrected chi connectivity index (χ3v) is 3.87. The molecule has 1 aromatic rings. The van der Waals surface area contributed by atoms with E-state index in [1.54, 1.807) is 6.20 Å². The summed E-state index contributed by atoms with van der Waals surface area (Å²) in [6, 6.07) is 0. The van der Waals surface area contributed by atoms with Crippen molar-refractivity contribution in [1.82, 2.24) is 19.8 Å². The smallest absolute Gasteiger partial charge is 0.290 e. The predicted octanol–water partition coefficient (Wildman–Crippen LogP) is 1.04. The average Bonchev–Trinajstić information content (AvgIpc) is 3.26. The van der Waals surface area contributed by atoms with Crippen LogP contribution in [-0.2, 0) is 27.5 Å². The first-order valence-electron chi connectivity index (χ1n) is 8.69. The van der Waals surface area contributed by atoms with E-state index in [9.17, 15) is 4.79 Å². The van der Waals surface area contributed by atoms with Gasteiger partial charge in [0.25, 0.3) is 12.9 Å². The summed E-state index contributed by atoms with van der Waals surface area (Å²) in [6.45, 7) is 8.27. The fraction of sp³-hybridized carbons (Fsp3) is 0.647. The molecule has 1 unspecified atom stereocenters. The molecule has 0 bridgehead atoms. The molecule has 0 radical (unpaired) electrons. The molecule has 1 aliphatic rings. The molecule has 1 aromatic heterocycles. The molecule has 9 nitrogen and oxygen atoms in total. The van der Waals surface area contributed by atoms with Crippen molar-refractivity contribution in [2.24, 2.45) is 5.92 Å². The van der Waals surface area contributed by atoms with Gasteiger partial charge in [0, 0.05) is 31.4 Å². The van der Waals surface area contributed by atoms with Gasteiger partial charge in [-0.1, -0.05) is 13.8 Å². The molecule has 1 amide bonds. The van der Waals surface area contributed by atoms with Crippen LogP contribution in [-0.4, -0.2) is 63.1 Å². The minimum absolute atomic E-state index is 0.0442. The number of imidazole rings is 1. The number of carbonyl (C=O) groups is 3. The highest BCUT2D eigenvalue weighted by atomic mass is 16.3. The van der Waals surface area contributed by atoms with Crippen LogP contribution in [0.5, 0.6) is 0 Å². The summed E-state index contributed by atoms with van der Waals surface area (Å²) in [5.41, 5.74) is 0. The molecule has 148 valence electrons. The summed E-state index contributed by atoms with van der Waals surface area (Å²) >= 11 is 0. The lowest BCUT2D eigenvalue weighted by Crippen LogP contribution is -2.36. The van der Waals surface area contributed by atoms with Crippen molar-refractivity contribution >= 4 is 18.9 Å². The Morgan fingerprint density at radius 3 is 2.42 bits per heavy atom. The largest absolute Gasteiger partial charge is 0.483 e. The number of carbonyl (C=O) groups excluding carboxylic acids is 1. The number of hydrogen-bond acceptors (Lipinski definition) is 5. The summed E-state index contributed by atoms with van der Waals surface area (Å²) in [5.74, 6) is 1.11. The van der Waals surface area contributed by atoms with E-state index in [1.807, 2.05) is 13.1 Å². The Morgan fingerprint density at radius 1 is 1.31 bits per heavy atom. The van der Waals surface area contributed by atoms with E-state index in [1.165, 1.54) is 12.8 Å². The third-order valence-electron chi connectivity index (χ3n) is 3.87. The van der Waals surface area contributed by atoms with Crippen molar-refractivity contribution in [1.29, 1.82) is 0 Å². The summed E-state index contributed by atoms with van der Waals surface area (Å²) in [6.07, 6.45) is 7.37. The van der Waals surface area contributed by atoms with Crippen LogP contribution in [0.25, 0.3) is 0 Å². The number of aryl methyl sites for hydroxylation is 1.